The van der Waals surface area contributed by atoms with E-state index < -0.39 is 0 Å². The average Bonchev–Trinajstić information content (AvgIpc) is 3.49. The quantitative estimate of drug-likeness (QED) is 0.193. The zero-order valence-electron chi connectivity index (χ0n) is 26.1. The zero-order valence-corrected chi connectivity index (χ0v) is 26.1. The van der Waals surface area contributed by atoms with Crippen LogP contribution in [0.25, 0.3) is 82.8 Å². The topological polar surface area (TPSA) is 14.2 Å². The summed E-state index contributed by atoms with van der Waals surface area (Å²) in [6, 6.07) is 63.2. The first-order chi connectivity index (χ1) is 23.8. The first kappa shape index (κ1) is 26.8. The molecule has 0 spiro atoms. The van der Waals surface area contributed by atoms with Gasteiger partial charge in [0.05, 0.1) is 11.0 Å². The van der Waals surface area contributed by atoms with Gasteiger partial charge in [0.2, 0.25) is 0 Å². The molecular weight excluding hydrogens is 583 g/mol. The van der Waals surface area contributed by atoms with Crippen molar-refractivity contribution in [3.05, 3.63) is 176 Å². The normalized spacial score (nSPS) is 11.9. The molecule has 1 aromatic heterocycles. The van der Waals surface area contributed by atoms with Crippen LogP contribution in [0, 0.1) is 0 Å². The molecule has 0 saturated carbocycles. The molecule has 0 radical (unpaired) electrons. The van der Waals surface area contributed by atoms with Gasteiger partial charge in [-0.1, -0.05) is 127 Å². The van der Waals surface area contributed by atoms with E-state index >= 15 is 0 Å². The summed E-state index contributed by atoms with van der Waals surface area (Å²) in [6.45, 7) is 0. The minimum atomic E-state index is 0.890. The maximum Gasteiger partial charge on any atom is 0.135 e. The summed E-state index contributed by atoms with van der Waals surface area (Å²) >= 11 is 0. The summed E-state index contributed by atoms with van der Waals surface area (Å²) in [5, 5.41) is 4.89. The smallest absolute Gasteiger partial charge is 0.135 e. The summed E-state index contributed by atoms with van der Waals surface area (Å²) < 4.78 is 8.91. The molecule has 0 amide bonds. The van der Waals surface area contributed by atoms with E-state index in [0.717, 1.165) is 17.1 Å². The third kappa shape index (κ3) is 4.13. The molecule has 8 aromatic carbocycles. The summed E-state index contributed by atoms with van der Waals surface area (Å²) in [5.41, 5.74) is 13.1. The number of nitrogens with zero attached hydrogens (tertiary/aromatic N) is 1. The van der Waals surface area contributed by atoms with E-state index in [1.54, 1.807) is 0 Å². The van der Waals surface area contributed by atoms with Gasteiger partial charge in [0.15, 0.2) is 0 Å². The highest BCUT2D eigenvalue weighted by Crippen LogP contribution is 2.49. The van der Waals surface area contributed by atoms with Crippen LogP contribution in [0.2, 0.25) is 0 Å². The number of fused-ring (bicyclic) bond motifs is 5. The molecule has 48 heavy (non-hydrogen) atoms. The van der Waals surface area contributed by atoms with Crippen LogP contribution in [0.4, 0.5) is 0 Å². The largest absolute Gasteiger partial charge is 0.456 e. The van der Waals surface area contributed by atoms with E-state index in [-0.39, 0.29) is 0 Å². The number of rotatable bonds is 4. The summed E-state index contributed by atoms with van der Waals surface area (Å²) in [7, 11) is 0. The van der Waals surface area contributed by atoms with Crippen LogP contribution in [-0.2, 0) is 0 Å². The molecule has 0 bridgehead atoms. The van der Waals surface area contributed by atoms with Crippen LogP contribution in [-0.4, -0.2) is 4.57 Å². The molecular formula is C46H29NO. The second-order valence-electron chi connectivity index (χ2n) is 12.5. The van der Waals surface area contributed by atoms with Crippen molar-refractivity contribution in [2.24, 2.45) is 0 Å². The van der Waals surface area contributed by atoms with Gasteiger partial charge in [0, 0.05) is 27.4 Å². The molecule has 9 aromatic rings. The summed E-state index contributed by atoms with van der Waals surface area (Å²) in [6.07, 6.45) is 0. The standard InChI is InChI=1S/C46H29NO/c1-3-11-30(12-4-1)36-24-26-45-46-39(36)18-10-19-40(46)41-28-33(22-25-44(41)48-45)31-13-9-14-32(27-31)34-21-23-38-37-17-7-8-20-42(37)47(43(38)29-34)35-15-5-2-6-16-35/h1-29H. The Bertz CT molecular complexity index is 2690. The molecule has 2 nitrogen and oxygen atoms in total. The Kier molecular flexibility index (Phi) is 5.91. The molecule has 1 aliphatic rings. The number of aromatic nitrogens is 1. The first-order valence-corrected chi connectivity index (χ1v) is 16.4. The fourth-order valence-electron chi connectivity index (χ4n) is 7.56. The molecule has 2 heterocycles. The van der Waals surface area contributed by atoms with Gasteiger partial charge in [0.1, 0.15) is 11.5 Å². The maximum absolute atomic E-state index is 6.54. The third-order valence-electron chi connectivity index (χ3n) is 9.79. The zero-order chi connectivity index (χ0) is 31.6. The van der Waals surface area contributed by atoms with Crippen LogP contribution >= 0.6 is 0 Å². The van der Waals surface area contributed by atoms with Gasteiger partial charge >= 0.3 is 0 Å². The predicted molar refractivity (Wildman–Crippen MR) is 200 cm³/mol. The van der Waals surface area contributed by atoms with Gasteiger partial charge in [-0.2, -0.15) is 0 Å². The van der Waals surface area contributed by atoms with Crippen LogP contribution in [0.15, 0.2) is 176 Å². The van der Waals surface area contributed by atoms with Crippen molar-refractivity contribution in [3.63, 3.8) is 0 Å². The van der Waals surface area contributed by atoms with Gasteiger partial charge in [-0.15, -0.1) is 0 Å². The Balaban J connectivity index is 1.09. The van der Waals surface area contributed by atoms with Gasteiger partial charge in [-0.3, -0.25) is 0 Å². The van der Waals surface area contributed by atoms with Crippen LogP contribution < -0.4 is 4.74 Å². The van der Waals surface area contributed by atoms with Gasteiger partial charge < -0.3 is 9.30 Å². The Labute approximate surface area is 278 Å². The van der Waals surface area contributed by atoms with E-state index in [1.807, 2.05) is 0 Å². The fourth-order valence-corrected chi connectivity index (χ4v) is 7.56. The second kappa shape index (κ2) is 10.6. The average molecular weight is 612 g/mol. The van der Waals surface area contributed by atoms with E-state index in [2.05, 4.69) is 180 Å². The number of para-hydroxylation sites is 2. The van der Waals surface area contributed by atoms with Gasteiger partial charge in [0.25, 0.3) is 0 Å². The molecule has 0 atom stereocenters. The molecule has 10 rings (SSSR count). The van der Waals surface area contributed by atoms with Crippen molar-refractivity contribution >= 4 is 32.6 Å². The first-order valence-electron chi connectivity index (χ1n) is 16.4. The van der Waals surface area contributed by atoms with Gasteiger partial charge in [-0.25, -0.2) is 0 Å². The Morgan fingerprint density at radius 3 is 1.81 bits per heavy atom. The van der Waals surface area contributed by atoms with Crippen molar-refractivity contribution in [2.75, 3.05) is 0 Å². The van der Waals surface area contributed by atoms with E-state index in [4.69, 9.17) is 4.74 Å². The minimum Gasteiger partial charge on any atom is -0.456 e. The minimum absolute atomic E-state index is 0.890. The number of ether oxygens (including phenoxy) is 1. The molecule has 224 valence electrons. The van der Waals surface area contributed by atoms with Crippen molar-refractivity contribution in [1.29, 1.82) is 0 Å². The fraction of sp³-hybridized carbons (Fsp3) is 0. The molecule has 2 heteroatoms. The highest BCUT2D eigenvalue weighted by atomic mass is 16.5. The molecule has 0 N–H and O–H groups in total. The van der Waals surface area contributed by atoms with Gasteiger partial charge in [-0.05, 0) is 92.9 Å². The predicted octanol–water partition coefficient (Wildman–Crippen LogP) is 12.7. The number of hydrogen-bond acceptors (Lipinski definition) is 1. The lowest BCUT2D eigenvalue weighted by molar-refractivity contribution is 0.487. The molecule has 0 aliphatic carbocycles. The number of hydrogen-bond donors (Lipinski definition) is 0. The lowest BCUT2D eigenvalue weighted by Crippen LogP contribution is -1.98. The molecule has 0 fully saturated rings. The van der Waals surface area contributed by atoms with Crippen LogP contribution in [0.5, 0.6) is 11.5 Å². The SMILES string of the molecule is c1ccc(-c2ccc3c4c(cccc24)-c2cc(-c4cccc(-c5ccc6c7ccccc7n(-c7ccccc7)c6c5)c4)ccc2O3)cc1. The third-order valence-corrected chi connectivity index (χ3v) is 9.79. The van der Waals surface area contributed by atoms with E-state index in [1.165, 1.54) is 77.2 Å². The maximum atomic E-state index is 6.54. The Morgan fingerprint density at radius 1 is 0.333 bits per heavy atom. The monoisotopic (exact) mass is 611 g/mol. The highest BCUT2D eigenvalue weighted by Gasteiger charge is 2.22. The van der Waals surface area contributed by atoms with Crippen molar-refractivity contribution < 1.29 is 4.74 Å². The van der Waals surface area contributed by atoms with Crippen LogP contribution in [0.1, 0.15) is 0 Å². The lowest BCUT2D eigenvalue weighted by Gasteiger charge is -2.23. The Morgan fingerprint density at radius 2 is 0.958 bits per heavy atom. The summed E-state index contributed by atoms with van der Waals surface area (Å²) in [5.74, 6) is 1.80. The van der Waals surface area contributed by atoms with Crippen molar-refractivity contribution in [3.8, 4) is 61.7 Å². The van der Waals surface area contributed by atoms with Crippen molar-refractivity contribution in [2.45, 2.75) is 0 Å². The Hall–Kier alpha value is -6.38. The van der Waals surface area contributed by atoms with E-state index in [9.17, 15) is 0 Å². The summed E-state index contributed by atoms with van der Waals surface area (Å²) in [4.78, 5) is 0. The lowest BCUT2D eigenvalue weighted by atomic mass is 9.89. The second-order valence-corrected chi connectivity index (χ2v) is 12.5. The van der Waals surface area contributed by atoms with E-state index in [0.29, 0.717) is 0 Å². The van der Waals surface area contributed by atoms with Crippen molar-refractivity contribution in [1.82, 2.24) is 4.57 Å². The number of benzene rings is 8. The molecule has 1 aliphatic heterocycles. The van der Waals surface area contributed by atoms with Crippen LogP contribution in [0.3, 0.4) is 0 Å². The molecule has 0 saturated heterocycles. The highest BCUT2D eigenvalue weighted by molar-refractivity contribution is 6.11. The molecule has 0 unspecified atom stereocenters.